The van der Waals surface area contributed by atoms with Crippen LogP contribution in [0.5, 0.6) is 0 Å². The number of aryl methyl sites for hydroxylation is 1. The Morgan fingerprint density at radius 2 is 1.87 bits per heavy atom. The lowest BCUT2D eigenvalue weighted by Gasteiger charge is -2.12. The van der Waals surface area contributed by atoms with Crippen molar-refractivity contribution >= 4 is 40.2 Å². The molecule has 0 bridgehead atoms. The molecule has 0 radical (unpaired) electrons. The standard InChI is InChI=1S/C23H20BN5O2/c1-29-7-4-16-2-3-17(9-22(16)29)20-10-19(11-21-23(20)27-6-5-26-21)28-13-15-8-18(24(30)31)14-25-12-15/h2-12,14,28,30-31H,13H2,1H3. The van der Waals surface area contributed by atoms with Crippen LogP contribution >= 0.6 is 0 Å². The summed E-state index contributed by atoms with van der Waals surface area (Å²) >= 11 is 0. The molecule has 0 spiro atoms. The number of hydrogen-bond donors (Lipinski definition) is 3. The number of fused-ring (bicyclic) bond motifs is 2. The first-order chi connectivity index (χ1) is 15.1. The molecule has 0 saturated heterocycles. The number of pyridine rings is 1. The van der Waals surface area contributed by atoms with Crippen molar-refractivity contribution in [3.8, 4) is 11.1 Å². The zero-order valence-corrected chi connectivity index (χ0v) is 16.9. The van der Waals surface area contributed by atoms with E-state index >= 15 is 0 Å². The molecule has 0 fully saturated rings. The maximum atomic E-state index is 9.37. The second-order valence-electron chi connectivity index (χ2n) is 7.50. The molecule has 0 atom stereocenters. The summed E-state index contributed by atoms with van der Waals surface area (Å²) in [4.78, 5) is 13.2. The van der Waals surface area contributed by atoms with E-state index in [0.717, 1.165) is 38.9 Å². The van der Waals surface area contributed by atoms with Crippen LogP contribution in [0.15, 0.2) is 73.4 Å². The molecule has 0 saturated carbocycles. The number of hydrogen-bond acceptors (Lipinski definition) is 6. The Balaban J connectivity index is 1.54. The normalized spacial score (nSPS) is 11.2. The van der Waals surface area contributed by atoms with Gasteiger partial charge in [0.15, 0.2) is 0 Å². The topological polar surface area (TPSA) is 96.1 Å². The van der Waals surface area contributed by atoms with Crippen molar-refractivity contribution in [3.05, 3.63) is 79.0 Å². The first kappa shape index (κ1) is 19.2. The van der Waals surface area contributed by atoms with E-state index in [4.69, 9.17) is 0 Å². The highest BCUT2D eigenvalue weighted by molar-refractivity contribution is 6.58. The number of rotatable bonds is 5. The van der Waals surface area contributed by atoms with Crippen molar-refractivity contribution in [2.24, 2.45) is 7.05 Å². The number of anilines is 1. The van der Waals surface area contributed by atoms with E-state index in [9.17, 15) is 10.0 Å². The van der Waals surface area contributed by atoms with E-state index in [2.05, 4.69) is 61.4 Å². The van der Waals surface area contributed by atoms with Crippen molar-refractivity contribution in [1.29, 1.82) is 0 Å². The predicted octanol–water partition coefficient (Wildman–Crippen LogP) is 2.48. The lowest BCUT2D eigenvalue weighted by molar-refractivity contribution is 0.425. The van der Waals surface area contributed by atoms with Gasteiger partial charge in [-0.1, -0.05) is 18.2 Å². The Morgan fingerprint density at radius 1 is 1.00 bits per heavy atom. The van der Waals surface area contributed by atoms with Gasteiger partial charge in [-0.3, -0.25) is 15.0 Å². The van der Waals surface area contributed by atoms with Crippen LogP contribution < -0.4 is 10.8 Å². The summed E-state index contributed by atoms with van der Waals surface area (Å²) in [6.07, 6.45) is 8.58. The second-order valence-corrected chi connectivity index (χ2v) is 7.50. The van der Waals surface area contributed by atoms with E-state index in [1.165, 1.54) is 11.6 Å². The minimum Gasteiger partial charge on any atom is -0.423 e. The Labute approximate surface area is 179 Å². The molecular formula is C23H20BN5O2. The third kappa shape index (κ3) is 3.74. The average Bonchev–Trinajstić information content (AvgIpc) is 3.17. The van der Waals surface area contributed by atoms with Crippen LogP contribution in [0.1, 0.15) is 5.56 Å². The van der Waals surface area contributed by atoms with Crippen LogP contribution in [-0.4, -0.2) is 36.7 Å². The molecule has 0 aliphatic carbocycles. The van der Waals surface area contributed by atoms with Crippen LogP contribution in [0, 0.1) is 0 Å². The fourth-order valence-corrected chi connectivity index (χ4v) is 3.78. The van der Waals surface area contributed by atoms with Gasteiger partial charge < -0.3 is 19.9 Å². The Bertz CT molecular complexity index is 1400. The van der Waals surface area contributed by atoms with Gasteiger partial charge in [-0.2, -0.15) is 0 Å². The average molecular weight is 409 g/mol. The molecule has 0 aliphatic rings. The van der Waals surface area contributed by atoms with Crippen molar-refractivity contribution in [2.75, 3.05) is 5.32 Å². The second kappa shape index (κ2) is 7.83. The lowest BCUT2D eigenvalue weighted by atomic mass is 9.81. The van der Waals surface area contributed by atoms with Gasteiger partial charge in [0.25, 0.3) is 0 Å². The van der Waals surface area contributed by atoms with Crippen LogP contribution in [0.25, 0.3) is 33.1 Å². The molecule has 3 heterocycles. The van der Waals surface area contributed by atoms with E-state index in [1.807, 2.05) is 13.1 Å². The molecule has 0 aliphatic heterocycles. The molecule has 0 amide bonds. The summed E-state index contributed by atoms with van der Waals surface area (Å²) in [6, 6.07) is 14.2. The highest BCUT2D eigenvalue weighted by atomic mass is 16.4. The summed E-state index contributed by atoms with van der Waals surface area (Å²) in [5.74, 6) is 0. The largest absolute Gasteiger partial charge is 0.490 e. The molecule has 3 N–H and O–H groups in total. The van der Waals surface area contributed by atoms with E-state index < -0.39 is 7.12 Å². The summed E-state index contributed by atoms with van der Waals surface area (Å²) < 4.78 is 2.10. The van der Waals surface area contributed by atoms with Gasteiger partial charge in [0.2, 0.25) is 0 Å². The minimum absolute atomic E-state index is 0.361. The maximum Gasteiger partial charge on any atom is 0.490 e. The van der Waals surface area contributed by atoms with Crippen molar-refractivity contribution in [3.63, 3.8) is 0 Å². The summed E-state index contributed by atoms with van der Waals surface area (Å²) in [7, 11) is 0.496. The molecule has 0 unspecified atom stereocenters. The molecule has 5 rings (SSSR count). The number of aromatic nitrogens is 4. The third-order valence-electron chi connectivity index (χ3n) is 5.38. The molecule has 7 nitrogen and oxygen atoms in total. The monoisotopic (exact) mass is 409 g/mol. The van der Waals surface area contributed by atoms with Gasteiger partial charge in [0.05, 0.1) is 11.0 Å². The Hall–Kier alpha value is -3.75. The SMILES string of the molecule is Cn1ccc2ccc(-c3cc(NCc4cncc(B(O)O)c4)cc4nccnc34)cc21. The number of benzene rings is 2. The molecule has 3 aromatic heterocycles. The van der Waals surface area contributed by atoms with E-state index in [1.54, 1.807) is 24.7 Å². The van der Waals surface area contributed by atoms with Gasteiger partial charge in [0.1, 0.15) is 0 Å². The number of nitrogens with zero attached hydrogens (tertiary/aromatic N) is 4. The van der Waals surface area contributed by atoms with Gasteiger partial charge in [0, 0.05) is 66.8 Å². The van der Waals surface area contributed by atoms with E-state index in [-0.39, 0.29) is 0 Å². The van der Waals surface area contributed by atoms with Crippen molar-refractivity contribution < 1.29 is 10.0 Å². The fraction of sp³-hybridized carbons (Fsp3) is 0.0870. The van der Waals surface area contributed by atoms with Crippen molar-refractivity contribution in [1.82, 2.24) is 19.5 Å². The minimum atomic E-state index is -1.54. The van der Waals surface area contributed by atoms with Crippen LogP contribution in [0.2, 0.25) is 0 Å². The Kier molecular flexibility index (Phi) is 4.86. The van der Waals surface area contributed by atoms with Gasteiger partial charge >= 0.3 is 7.12 Å². The highest BCUT2D eigenvalue weighted by Gasteiger charge is 2.13. The van der Waals surface area contributed by atoms with Gasteiger partial charge in [-0.05, 0) is 40.8 Å². The maximum absolute atomic E-state index is 9.37. The molecule has 2 aromatic carbocycles. The van der Waals surface area contributed by atoms with E-state index in [0.29, 0.717) is 12.0 Å². The van der Waals surface area contributed by atoms with Crippen LogP contribution in [0.4, 0.5) is 5.69 Å². The zero-order valence-electron chi connectivity index (χ0n) is 16.9. The third-order valence-corrected chi connectivity index (χ3v) is 5.38. The first-order valence-corrected chi connectivity index (χ1v) is 9.92. The zero-order chi connectivity index (χ0) is 21.4. The number of nitrogens with one attached hydrogen (secondary N) is 1. The molecular weight excluding hydrogens is 389 g/mol. The molecule has 31 heavy (non-hydrogen) atoms. The summed E-state index contributed by atoms with van der Waals surface area (Å²) in [5, 5.41) is 23.3. The molecule has 8 heteroatoms. The van der Waals surface area contributed by atoms with Crippen LogP contribution in [0.3, 0.4) is 0 Å². The Morgan fingerprint density at radius 3 is 2.74 bits per heavy atom. The summed E-state index contributed by atoms with van der Waals surface area (Å²) in [5.41, 5.74) is 6.95. The molecule has 152 valence electrons. The van der Waals surface area contributed by atoms with Gasteiger partial charge in [-0.25, -0.2) is 0 Å². The lowest BCUT2D eigenvalue weighted by Crippen LogP contribution is -2.30. The smallest absolute Gasteiger partial charge is 0.423 e. The predicted molar refractivity (Wildman–Crippen MR) is 123 cm³/mol. The van der Waals surface area contributed by atoms with Gasteiger partial charge in [-0.15, -0.1) is 0 Å². The van der Waals surface area contributed by atoms with Crippen molar-refractivity contribution in [2.45, 2.75) is 6.54 Å². The quantitative estimate of drug-likeness (QED) is 0.386. The highest BCUT2D eigenvalue weighted by Crippen LogP contribution is 2.32. The summed E-state index contributed by atoms with van der Waals surface area (Å²) in [6.45, 7) is 0.482. The molecule has 5 aromatic rings. The van der Waals surface area contributed by atoms with Crippen LogP contribution in [-0.2, 0) is 13.6 Å². The fourth-order valence-electron chi connectivity index (χ4n) is 3.78. The first-order valence-electron chi connectivity index (χ1n) is 9.92.